The molecule has 6 heteroatoms. The van der Waals surface area contributed by atoms with Gasteiger partial charge in [-0.1, -0.05) is 42.3 Å². The van der Waals surface area contributed by atoms with Crippen LogP contribution in [0.4, 0.5) is 8.78 Å². The molecular weight excluding hydrogens is 482 g/mol. The molecule has 0 unspecified atom stereocenters. The summed E-state index contributed by atoms with van der Waals surface area (Å²) in [5, 5.41) is 0. The molecule has 0 bridgehead atoms. The van der Waals surface area contributed by atoms with Crippen LogP contribution in [0, 0.1) is 28.9 Å². The van der Waals surface area contributed by atoms with Gasteiger partial charge in [-0.25, -0.2) is 8.78 Å². The van der Waals surface area contributed by atoms with Crippen molar-refractivity contribution in [2.24, 2.45) is 17.3 Å². The van der Waals surface area contributed by atoms with Gasteiger partial charge in [0.15, 0.2) is 0 Å². The van der Waals surface area contributed by atoms with Crippen LogP contribution in [-0.2, 0) is 9.53 Å². The maximum Gasteiger partial charge on any atom is 0.310 e. The molecule has 2 aliphatic heterocycles. The smallest absolute Gasteiger partial charge is 0.310 e. The summed E-state index contributed by atoms with van der Waals surface area (Å²) in [6.45, 7) is 8.74. The van der Waals surface area contributed by atoms with Crippen LogP contribution in [0.3, 0.4) is 0 Å². The Kier molecular flexibility index (Phi) is 6.89. The first kappa shape index (κ1) is 25.7. The highest BCUT2D eigenvalue weighted by atomic mass is 19.1. The van der Waals surface area contributed by atoms with E-state index in [1.165, 1.54) is 49.1 Å². The Labute approximate surface area is 224 Å². The van der Waals surface area contributed by atoms with Crippen LogP contribution in [0.25, 0.3) is 0 Å². The zero-order valence-electron chi connectivity index (χ0n) is 22.5. The van der Waals surface area contributed by atoms with E-state index in [1.807, 2.05) is 24.3 Å². The molecule has 0 N–H and O–H groups in total. The molecule has 0 amide bonds. The topological polar surface area (TPSA) is 32.8 Å². The van der Waals surface area contributed by atoms with E-state index in [1.54, 1.807) is 5.57 Å². The van der Waals surface area contributed by atoms with Gasteiger partial charge in [0.05, 0.1) is 12.0 Å². The summed E-state index contributed by atoms with van der Waals surface area (Å²) in [7, 11) is 0. The van der Waals surface area contributed by atoms with Crippen molar-refractivity contribution >= 4 is 5.97 Å². The van der Waals surface area contributed by atoms with Gasteiger partial charge >= 0.3 is 5.97 Å². The van der Waals surface area contributed by atoms with Gasteiger partial charge in [-0.05, 0) is 79.8 Å². The number of fused-ring (bicyclic) bond motifs is 2. The third-order valence-electron chi connectivity index (χ3n) is 9.78. The molecule has 0 radical (unpaired) electrons. The van der Waals surface area contributed by atoms with Crippen LogP contribution in [0.2, 0.25) is 0 Å². The van der Waals surface area contributed by atoms with Gasteiger partial charge in [0.2, 0.25) is 0 Å². The van der Waals surface area contributed by atoms with E-state index in [-0.39, 0.29) is 47.0 Å². The van der Waals surface area contributed by atoms with Crippen LogP contribution in [-0.4, -0.2) is 54.6 Å². The molecule has 4 nitrogen and oxygen atoms in total. The van der Waals surface area contributed by atoms with Crippen molar-refractivity contribution in [3.63, 3.8) is 0 Å². The summed E-state index contributed by atoms with van der Waals surface area (Å²) in [6, 6.07) is 13.2. The van der Waals surface area contributed by atoms with Gasteiger partial charge < -0.3 is 4.74 Å². The zero-order chi connectivity index (χ0) is 26.4. The summed E-state index contributed by atoms with van der Waals surface area (Å²) >= 11 is 0. The Bertz CT molecular complexity index is 1160. The average Bonchev–Trinajstić information content (AvgIpc) is 3.19. The molecule has 2 saturated heterocycles. The third-order valence-corrected chi connectivity index (χ3v) is 9.78. The molecule has 2 heterocycles. The number of carbonyl (C=O) groups is 1. The second-order valence-electron chi connectivity index (χ2n) is 12.2. The van der Waals surface area contributed by atoms with Crippen LogP contribution in [0.1, 0.15) is 63.1 Å². The molecular formula is C32H38F2N2O2. The molecule has 0 spiro atoms. The molecule has 2 aliphatic carbocycles. The standard InChI is InChI=1S/C32H38F2N2O2/c1-21-4-3-13-32(2)19-29-26(18-28(21)32)27(31(37)38-29)20-35-14-16-36(17-15-35)30(22-5-9-24(33)10-6-22)23-7-11-25(34)12-8-23/h5-12,26-27,29-30H,3-4,13-20H2,1-2H3/t26-,27-,29-,32-/m1/s1. The van der Waals surface area contributed by atoms with Crippen LogP contribution in [0.5, 0.6) is 0 Å². The summed E-state index contributed by atoms with van der Waals surface area (Å²) in [5.74, 6) is -0.328. The first-order chi connectivity index (χ1) is 18.3. The van der Waals surface area contributed by atoms with Gasteiger partial charge in [0.25, 0.3) is 0 Å². The SMILES string of the molecule is CC1=C2C[C@H]3[C@@H](C[C@@]2(C)CCC1)OC(=O)[C@@H]3CN1CCN(C(c2ccc(F)cc2)c2ccc(F)cc2)CC1. The monoisotopic (exact) mass is 520 g/mol. The Hall–Kier alpha value is -2.57. The largest absolute Gasteiger partial charge is 0.462 e. The highest BCUT2D eigenvalue weighted by Crippen LogP contribution is 2.55. The van der Waals surface area contributed by atoms with Gasteiger partial charge in [-0.3, -0.25) is 14.6 Å². The van der Waals surface area contributed by atoms with Gasteiger partial charge in [0, 0.05) is 38.6 Å². The third kappa shape index (κ3) is 4.82. The first-order valence-electron chi connectivity index (χ1n) is 14.2. The molecule has 2 aromatic carbocycles. The van der Waals surface area contributed by atoms with Crippen molar-refractivity contribution < 1.29 is 18.3 Å². The lowest BCUT2D eigenvalue weighted by atomic mass is 9.59. The van der Waals surface area contributed by atoms with Crippen molar-refractivity contribution in [2.45, 2.75) is 58.1 Å². The number of rotatable bonds is 5. The number of carbonyl (C=O) groups excluding carboxylic acids is 1. The Morgan fingerprint density at radius 1 is 0.974 bits per heavy atom. The Balaban J connectivity index is 1.15. The number of allylic oxidation sites excluding steroid dienone is 2. The fourth-order valence-electron chi connectivity index (χ4n) is 7.71. The minimum absolute atomic E-state index is 0.0153. The Morgan fingerprint density at radius 3 is 2.18 bits per heavy atom. The lowest BCUT2D eigenvalue weighted by molar-refractivity contribution is -0.145. The second-order valence-corrected chi connectivity index (χ2v) is 12.2. The predicted octanol–water partition coefficient (Wildman–Crippen LogP) is 6.13. The van der Waals surface area contributed by atoms with Crippen LogP contribution < -0.4 is 0 Å². The summed E-state index contributed by atoms with van der Waals surface area (Å²) in [5.41, 5.74) is 5.32. The second kappa shape index (κ2) is 10.2. The average molecular weight is 521 g/mol. The fourth-order valence-corrected chi connectivity index (χ4v) is 7.71. The van der Waals surface area contributed by atoms with E-state index in [0.29, 0.717) is 0 Å². The highest BCUT2D eigenvalue weighted by Gasteiger charge is 2.53. The van der Waals surface area contributed by atoms with E-state index in [2.05, 4.69) is 23.6 Å². The minimum Gasteiger partial charge on any atom is -0.462 e. The Morgan fingerprint density at radius 2 is 1.58 bits per heavy atom. The van der Waals surface area contributed by atoms with Crippen LogP contribution >= 0.6 is 0 Å². The molecule has 4 aliphatic rings. The lowest BCUT2D eigenvalue weighted by Crippen LogP contribution is -2.50. The van der Waals surface area contributed by atoms with E-state index < -0.39 is 0 Å². The van der Waals surface area contributed by atoms with Gasteiger partial charge in [-0.2, -0.15) is 0 Å². The van der Waals surface area contributed by atoms with E-state index in [4.69, 9.17) is 4.74 Å². The fraction of sp³-hybridized carbons (Fsp3) is 0.531. The number of ether oxygens (including phenoxy) is 1. The van der Waals surface area contributed by atoms with Crippen molar-refractivity contribution in [3.8, 4) is 0 Å². The number of hydrogen-bond donors (Lipinski definition) is 0. The molecule has 1 saturated carbocycles. The maximum atomic E-state index is 13.7. The summed E-state index contributed by atoms with van der Waals surface area (Å²) in [4.78, 5) is 17.9. The lowest BCUT2D eigenvalue weighted by Gasteiger charge is -2.46. The van der Waals surface area contributed by atoms with Crippen molar-refractivity contribution in [1.82, 2.24) is 9.80 Å². The van der Waals surface area contributed by atoms with E-state index in [0.717, 1.165) is 56.7 Å². The number of benzene rings is 2. The predicted molar refractivity (Wildman–Crippen MR) is 143 cm³/mol. The number of nitrogens with zero attached hydrogens (tertiary/aromatic N) is 2. The van der Waals surface area contributed by atoms with E-state index in [9.17, 15) is 13.6 Å². The maximum absolute atomic E-state index is 13.7. The first-order valence-corrected chi connectivity index (χ1v) is 14.2. The quantitative estimate of drug-likeness (QED) is 0.351. The number of hydrogen-bond acceptors (Lipinski definition) is 4. The number of piperazine rings is 1. The molecule has 38 heavy (non-hydrogen) atoms. The molecule has 2 aromatic rings. The van der Waals surface area contributed by atoms with Crippen molar-refractivity contribution in [3.05, 3.63) is 82.4 Å². The number of halogens is 2. The molecule has 202 valence electrons. The van der Waals surface area contributed by atoms with Crippen molar-refractivity contribution in [1.29, 1.82) is 0 Å². The molecule has 0 aromatic heterocycles. The molecule has 4 atom stereocenters. The highest BCUT2D eigenvalue weighted by molar-refractivity contribution is 5.76. The normalized spacial score (nSPS) is 30.3. The summed E-state index contributed by atoms with van der Waals surface area (Å²) in [6.07, 6.45) is 5.65. The molecule has 3 fully saturated rings. The zero-order valence-corrected chi connectivity index (χ0v) is 22.5. The van der Waals surface area contributed by atoms with Crippen LogP contribution in [0.15, 0.2) is 59.7 Å². The van der Waals surface area contributed by atoms with Crippen molar-refractivity contribution in [2.75, 3.05) is 32.7 Å². The van der Waals surface area contributed by atoms with Gasteiger partial charge in [0.1, 0.15) is 17.7 Å². The van der Waals surface area contributed by atoms with Gasteiger partial charge in [-0.15, -0.1) is 0 Å². The number of esters is 1. The summed E-state index contributed by atoms with van der Waals surface area (Å²) < 4.78 is 33.3. The van der Waals surface area contributed by atoms with E-state index >= 15 is 0 Å². The minimum atomic E-state index is -0.264. The molecule has 6 rings (SSSR count).